The third kappa shape index (κ3) is 3.58. The molecule has 0 spiro atoms. The molecule has 0 amide bonds. The SMILES string of the molecule is O=CCCC(S(=O)(=O)C(F)(F)F)S(=O)(=O)C(F)(F)F. The van der Waals surface area contributed by atoms with Crippen molar-refractivity contribution < 1.29 is 48.0 Å². The first-order valence-corrected chi connectivity index (χ1v) is 7.33. The van der Waals surface area contributed by atoms with E-state index in [1.54, 1.807) is 0 Å². The number of halogens is 6. The second kappa shape index (κ2) is 5.26. The Labute approximate surface area is 103 Å². The van der Waals surface area contributed by atoms with Crippen molar-refractivity contribution >= 4 is 26.0 Å². The molecule has 13 heteroatoms. The topological polar surface area (TPSA) is 85.3 Å². The minimum absolute atomic E-state index is 0.190. The van der Waals surface area contributed by atoms with Crippen LogP contribution in [0.4, 0.5) is 26.3 Å². The summed E-state index contributed by atoms with van der Waals surface area (Å²) in [5.74, 6) is 0. The second-order valence-corrected chi connectivity index (χ2v) is 7.70. The van der Waals surface area contributed by atoms with Crippen molar-refractivity contribution in [1.29, 1.82) is 0 Å². The molecule has 0 aromatic rings. The summed E-state index contributed by atoms with van der Waals surface area (Å²) in [5.41, 5.74) is -12.4. The molecule has 0 bridgehead atoms. The van der Waals surface area contributed by atoms with E-state index in [2.05, 4.69) is 0 Å². The number of sulfone groups is 2. The first-order valence-electron chi connectivity index (χ1n) is 4.23. The van der Waals surface area contributed by atoms with Crippen LogP contribution in [-0.4, -0.2) is 38.7 Å². The number of alkyl halides is 6. The van der Waals surface area contributed by atoms with Gasteiger partial charge >= 0.3 is 11.0 Å². The number of carbonyl (C=O) groups excluding carboxylic acids is 1. The molecule has 0 saturated carbocycles. The maximum absolute atomic E-state index is 12.1. The Kier molecular flexibility index (Phi) is 5.03. The monoisotopic (exact) mass is 336 g/mol. The Morgan fingerprint density at radius 1 is 0.842 bits per heavy atom. The van der Waals surface area contributed by atoms with Crippen LogP contribution < -0.4 is 0 Å². The van der Waals surface area contributed by atoms with Gasteiger partial charge in [0.1, 0.15) is 6.29 Å². The van der Waals surface area contributed by atoms with E-state index in [-0.39, 0.29) is 6.29 Å². The van der Waals surface area contributed by atoms with Crippen molar-refractivity contribution in [3.05, 3.63) is 0 Å². The standard InChI is InChI=1S/C6H6F6O5S2/c7-5(8,9)18(14,15)4(2-1-3-13)19(16,17)6(10,11)12/h3-4H,1-2H2. The Bertz CT molecular complexity index is 483. The van der Waals surface area contributed by atoms with Crippen LogP contribution in [0.3, 0.4) is 0 Å². The van der Waals surface area contributed by atoms with E-state index >= 15 is 0 Å². The van der Waals surface area contributed by atoms with Gasteiger partial charge in [0.15, 0.2) is 4.58 Å². The van der Waals surface area contributed by atoms with Gasteiger partial charge in [-0.25, -0.2) is 16.8 Å². The van der Waals surface area contributed by atoms with Crippen LogP contribution in [0, 0.1) is 0 Å². The molecule has 0 aromatic heterocycles. The molecular weight excluding hydrogens is 330 g/mol. The lowest BCUT2D eigenvalue weighted by Gasteiger charge is -2.20. The fourth-order valence-electron chi connectivity index (χ4n) is 0.979. The van der Waals surface area contributed by atoms with Crippen LogP contribution in [0.2, 0.25) is 0 Å². The molecular formula is C6H6F6O5S2. The third-order valence-corrected chi connectivity index (χ3v) is 6.52. The number of hydrogen-bond acceptors (Lipinski definition) is 5. The minimum atomic E-state index is -6.62. The molecule has 114 valence electrons. The predicted molar refractivity (Wildman–Crippen MR) is 49.0 cm³/mol. The average molecular weight is 336 g/mol. The fraction of sp³-hybridized carbons (Fsp3) is 0.833. The highest BCUT2D eigenvalue weighted by Gasteiger charge is 2.62. The van der Waals surface area contributed by atoms with Crippen LogP contribution in [-0.2, 0) is 24.5 Å². The van der Waals surface area contributed by atoms with Crippen LogP contribution in [0.15, 0.2) is 0 Å². The average Bonchev–Trinajstić information content (AvgIpc) is 2.13. The summed E-state index contributed by atoms with van der Waals surface area (Å²) >= 11 is 0. The van der Waals surface area contributed by atoms with Gasteiger partial charge in [-0.05, 0) is 6.42 Å². The molecule has 0 aromatic carbocycles. The van der Waals surface area contributed by atoms with Crippen molar-refractivity contribution in [2.24, 2.45) is 0 Å². The van der Waals surface area contributed by atoms with Gasteiger partial charge in [0, 0.05) is 6.42 Å². The van der Waals surface area contributed by atoms with Crippen molar-refractivity contribution in [1.82, 2.24) is 0 Å². The van der Waals surface area contributed by atoms with Gasteiger partial charge in [0.2, 0.25) is 0 Å². The molecule has 0 heterocycles. The van der Waals surface area contributed by atoms with E-state index in [0.29, 0.717) is 0 Å². The van der Waals surface area contributed by atoms with Gasteiger partial charge in [0.25, 0.3) is 19.7 Å². The zero-order valence-corrected chi connectivity index (χ0v) is 10.3. The van der Waals surface area contributed by atoms with Crippen LogP contribution in [0.5, 0.6) is 0 Å². The van der Waals surface area contributed by atoms with E-state index in [1.807, 2.05) is 0 Å². The van der Waals surface area contributed by atoms with Crippen molar-refractivity contribution in [2.45, 2.75) is 28.4 Å². The van der Waals surface area contributed by atoms with E-state index in [0.717, 1.165) is 0 Å². The zero-order valence-electron chi connectivity index (χ0n) is 8.69. The summed E-state index contributed by atoms with van der Waals surface area (Å²) in [5, 5.41) is 0. The number of hydrogen-bond donors (Lipinski definition) is 0. The summed E-state index contributed by atoms with van der Waals surface area (Å²) in [7, 11) is -13.2. The summed E-state index contributed by atoms with van der Waals surface area (Å²) in [6.45, 7) is 0. The number of rotatable bonds is 5. The van der Waals surface area contributed by atoms with E-state index < -0.39 is 48.1 Å². The first kappa shape index (κ1) is 18.1. The molecule has 0 saturated heterocycles. The van der Waals surface area contributed by atoms with Gasteiger partial charge < -0.3 is 4.79 Å². The molecule has 0 rings (SSSR count). The predicted octanol–water partition coefficient (Wildman–Crippen LogP) is 1.16. The van der Waals surface area contributed by atoms with Gasteiger partial charge in [-0.1, -0.05) is 0 Å². The molecule has 0 atom stereocenters. The second-order valence-electron chi connectivity index (χ2n) is 3.16. The lowest BCUT2D eigenvalue weighted by molar-refractivity contribution is -0.107. The number of aldehydes is 1. The summed E-state index contributed by atoms with van der Waals surface area (Å²) in [6.07, 6.45) is -2.91. The highest BCUT2D eigenvalue weighted by molar-refractivity contribution is 8.09. The molecule has 19 heavy (non-hydrogen) atoms. The van der Waals surface area contributed by atoms with E-state index in [9.17, 15) is 48.0 Å². The van der Waals surface area contributed by atoms with Gasteiger partial charge in [-0.15, -0.1) is 0 Å². The maximum Gasteiger partial charge on any atom is 0.498 e. The zero-order chi connectivity index (χ0) is 15.7. The van der Waals surface area contributed by atoms with Gasteiger partial charge in [0.05, 0.1) is 0 Å². The number of carbonyl (C=O) groups is 1. The highest BCUT2D eigenvalue weighted by atomic mass is 32.3. The Morgan fingerprint density at radius 3 is 1.37 bits per heavy atom. The van der Waals surface area contributed by atoms with E-state index in [4.69, 9.17) is 0 Å². The van der Waals surface area contributed by atoms with E-state index in [1.165, 1.54) is 0 Å². The van der Waals surface area contributed by atoms with Crippen molar-refractivity contribution in [3.8, 4) is 0 Å². The van der Waals surface area contributed by atoms with Crippen LogP contribution >= 0.6 is 0 Å². The Morgan fingerprint density at radius 2 is 1.16 bits per heavy atom. The van der Waals surface area contributed by atoms with Crippen molar-refractivity contribution in [2.75, 3.05) is 0 Å². The quantitative estimate of drug-likeness (QED) is 0.556. The highest BCUT2D eigenvalue weighted by Crippen LogP contribution is 2.37. The largest absolute Gasteiger partial charge is 0.498 e. The molecule has 0 aliphatic carbocycles. The van der Waals surface area contributed by atoms with Gasteiger partial charge in [-0.2, -0.15) is 26.3 Å². The Balaban J connectivity index is 5.96. The first-order chi connectivity index (χ1) is 8.19. The van der Waals surface area contributed by atoms with Gasteiger partial charge in [-0.3, -0.25) is 0 Å². The van der Waals surface area contributed by atoms with Crippen molar-refractivity contribution in [3.63, 3.8) is 0 Å². The summed E-state index contributed by atoms with van der Waals surface area (Å²) in [4.78, 5) is 9.91. The smallest absolute Gasteiger partial charge is 0.303 e. The summed E-state index contributed by atoms with van der Waals surface area (Å²) in [6, 6.07) is 0. The molecule has 0 N–H and O–H groups in total. The van der Waals surface area contributed by atoms with Crippen LogP contribution in [0.25, 0.3) is 0 Å². The van der Waals surface area contributed by atoms with Crippen LogP contribution in [0.1, 0.15) is 12.8 Å². The lowest BCUT2D eigenvalue weighted by Crippen LogP contribution is -2.44. The lowest BCUT2D eigenvalue weighted by atomic mass is 10.4. The molecule has 0 unspecified atom stereocenters. The fourth-order valence-corrected chi connectivity index (χ4v) is 4.46. The molecule has 0 radical (unpaired) electrons. The normalized spacial score (nSPS) is 14.7. The minimum Gasteiger partial charge on any atom is -0.303 e. The molecule has 0 aliphatic heterocycles. The molecule has 0 fully saturated rings. The maximum atomic E-state index is 12.1. The Hall–Kier alpha value is -0.850. The third-order valence-electron chi connectivity index (χ3n) is 1.86. The molecule has 5 nitrogen and oxygen atoms in total. The summed E-state index contributed by atoms with van der Waals surface area (Å²) < 4.78 is 112. The molecule has 0 aliphatic rings.